The third kappa shape index (κ3) is 3.33. The lowest BCUT2D eigenvalue weighted by Crippen LogP contribution is -2.52. The molecule has 0 aliphatic carbocycles. The molecule has 3 heterocycles. The number of carbonyl (C=O) groups is 1. The molecule has 0 bridgehead atoms. The third-order valence-electron chi connectivity index (χ3n) is 4.39. The maximum atomic E-state index is 12.4. The van der Waals surface area contributed by atoms with E-state index in [-0.39, 0.29) is 17.7 Å². The van der Waals surface area contributed by atoms with E-state index in [0.717, 1.165) is 30.9 Å². The van der Waals surface area contributed by atoms with Crippen LogP contribution in [0.4, 0.5) is 0 Å². The van der Waals surface area contributed by atoms with Crippen molar-refractivity contribution in [3.05, 3.63) is 16.1 Å². The molecule has 2 fully saturated rings. The highest BCUT2D eigenvalue weighted by Crippen LogP contribution is 2.21. The molecule has 1 atom stereocenters. The van der Waals surface area contributed by atoms with Crippen LogP contribution in [0.5, 0.6) is 0 Å². The van der Waals surface area contributed by atoms with Crippen molar-refractivity contribution in [2.75, 3.05) is 37.7 Å². The number of amides is 1. The molecular formula is C14H21N3O3S2. The Hall–Kier alpha value is -0.990. The first-order chi connectivity index (χ1) is 10.5. The number of carbonyl (C=O) groups excluding carboxylic acids is 1. The summed E-state index contributed by atoms with van der Waals surface area (Å²) in [4.78, 5) is 21.5. The van der Waals surface area contributed by atoms with Gasteiger partial charge in [0.15, 0.2) is 9.84 Å². The van der Waals surface area contributed by atoms with Crippen LogP contribution in [0.2, 0.25) is 0 Å². The van der Waals surface area contributed by atoms with Crippen LogP contribution in [0.15, 0.2) is 6.20 Å². The molecule has 0 saturated carbocycles. The fourth-order valence-corrected chi connectivity index (χ4v) is 5.67. The zero-order valence-electron chi connectivity index (χ0n) is 12.7. The lowest BCUT2D eigenvalue weighted by Gasteiger charge is -2.37. The Kier molecular flexibility index (Phi) is 4.52. The minimum Gasteiger partial charge on any atom is -0.335 e. The number of piperazine rings is 1. The standard InChI is InChI=1S/C14H21N3O3S2/c1-2-13-15-9-12(21-13)14(18)17-6-4-16(5-7-17)11-3-8-22(19,20)10-11/h9,11H,2-8,10H2,1H3/t11-/m0/s1. The Labute approximate surface area is 135 Å². The normalized spacial score (nSPS) is 25.5. The summed E-state index contributed by atoms with van der Waals surface area (Å²) in [6.45, 7) is 4.86. The SMILES string of the molecule is CCc1ncc(C(=O)N2CCN([C@H]3CCS(=O)(=O)C3)CC2)s1. The lowest BCUT2D eigenvalue weighted by molar-refractivity contribution is 0.0592. The van der Waals surface area contributed by atoms with Gasteiger partial charge < -0.3 is 4.90 Å². The van der Waals surface area contributed by atoms with Crippen molar-refractivity contribution in [1.82, 2.24) is 14.8 Å². The van der Waals surface area contributed by atoms with Gasteiger partial charge >= 0.3 is 0 Å². The molecule has 0 aromatic carbocycles. The highest BCUT2D eigenvalue weighted by Gasteiger charge is 2.34. The summed E-state index contributed by atoms with van der Waals surface area (Å²) in [5.74, 6) is 0.628. The van der Waals surface area contributed by atoms with Gasteiger partial charge in [-0.1, -0.05) is 6.92 Å². The maximum Gasteiger partial charge on any atom is 0.265 e. The Morgan fingerprint density at radius 1 is 1.36 bits per heavy atom. The van der Waals surface area contributed by atoms with Crippen molar-refractivity contribution < 1.29 is 13.2 Å². The van der Waals surface area contributed by atoms with Crippen molar-refractivity contribution in [2.24, 2.45) is 0 Å². The molecule has 0 unspecified atom stereocenters. The van der Waals surface area contributed by atoms with E-state index in [1.807, 2.05) is 11.8 Å². The summed E-state index contributed by atoms with van der Waals surface area (Å²) in [5.41, 5.74) is 0. The molecule has 6 nitrogen and oxygen atoms in total. The number of sulfone groups is 1. The number of aryl methyl sites for hydroxylation is 1. The Balaban J connectivity index is 1.56. The van der Waals surface area contributed by atoms with E-state index in [1.165, 1.54) is 11.3 Å². The van der Waals surface area contributed by atoms with Gasteiger partial charge in [0.2, 0.25) is 0 Å². The van der Waals surface area contributed by atoms with Crippen LogP contribution < -0.4 is 0 Å². The van der Waals surface area contributed by atoms with E-state index in [9.17, 15) is 13.2 Å². The fourth-order valence-electron chi connectivity index (χ4n) is 3.08. The number of hydrogen-bond donors (Lipinski definition) is 0. The van der Waals surface area contributed by atoms with Crippen LogP contribution in [0.1, 0.15) is 28.0 Å². The van der Waals surface area contributed by atoms with Gasteiger partial charge in [-0.15, -0.1) is 11.3 Å². The monoisotopic (exact) mass is 343 g/mol. The molecule has 0 radical (unpaired) electrons. The molecule has 2 aliphatic heterocycles. The van der Waals surface area contributed by atoms with Gasteiger partial charge in [-0.25, -0.2) is 13.4 Å². The smallest absolute Gasteiger partial charge is 0.265 e. The minimum atomic E-state index is -2.85. The summed E-state index contributed by atoms with van der Waals surface area (Å²) in [7, 11) is -2.85. The average Bonchev–Trinajstić information content (AvgIpc) is 3.13. The molecule has 2 saturated heterocycles. The first kappa shape index (κ1) is 15.9. The van der Waals surface area contributed by atoms with Crippen LogP contribution >= 0.6 is 11.3 Å². The van der Waals surface area contributed by atoms with Crippen molar-refractivity contribution in [3.8, 4) is 0 Å². The zero-order valence-corrected chi connectivity index (χ0v) is 14.3. The van der Waals surface area contributed by atoms with Crippen LogP contribution in [0.25, 0.3) is 0 Å². The predicted molar refractivity (Wildman–Crippen MR) is 86.0 cm³/mol. The van der Waals surface area contributed by atoms with Crippen LogP contribution in [0, 0.1) is 0 Å². The Morgan fingerprint density at radius 3 is 2.64 bits per heavy atom. The van der Waals surface area contributed by atoms with Gasteiger partial charge in [0.25, 0.3) is 5.91 Å². The number of hydrogen-bond acceptors (Lipinski definition) is 6. The molecule has 0 N–H and O–H groups in total. The van der Waals surface area contributed by atoms with Gasteiger partial charge in [-0.2, -0.15) is 0 Å². The number of nitrogens with zero attached hydrogens (tertiary/aromatic N) is 3. The molecule has 2 aliphatic rings. The predicted octanol–water partition coefficient (Wildman–Crippen LogP) is 0.650. The first-order valence-corrected chi connectivity index (χ1v) is 10.3. The molecule has 1 aromatic heterocycles. The maximum absolute atomic E-state index is 12.4. The summed E-state index contributed by atoms with van der Waals surface area (Å²) in [6, 6.07) is 0.136. The fraction of sp³-hybridized carbons (Fsp3) is 0.714. The average molecular weight is 343 g/mol. The van der Waals surface area contributed by atoms with Gasteiger partial charge in [-0.3, -0.25) is 9.69 Å². The van der Waals surface area contributed by atoms with Gasteiger partial charge in [0, 0.05) is 32.2 Å². The van der Waals surface area contributed by atoms with Crippen LogP contribution in [-0.4, -0.2) is 72.8 Å². The van der Waals surface area contributed by atoms with E-state index in [0.29, 0.717) is 23.7 Å². The largest absolute Gasteiger partial charge is 0.335 e. The van der Waals surface area contributed by atoms with E-state index in [2.05, 4.69) is 9.88 Å². The third-order valence-corrected chi connectivity index (χ3v) is 7.27. The molecule has 1 aromatic rings. The summed E-state index contributed by atoms with van der Waals surface area (Å²) in [5, 5.41) is 0.984. The molecule has 0 spiro atoms. The van der Waals surface area contributed by atoms with Gasteiger partial charge in [0.05, 0.1) is 22.7 Å². The lowest BCUT2D eigenvalue weighted by atomic mass is 10.2. The summed E-state index contributed by atoms with van der Waals surface area (Å²) in [6.07, 6.45) is 3.24. The molecule has 3 rings (SSSR count). The van der Waals surface area contributed by atoms with Crippen molar-refractivity contribution >= 4 is 27.1 Å². The molecule has 22 heavy (non-hydrogen) atoms. The van der Waals surface area contributed by atoms with Crippen molar-refractivity contribution in [3.63, 3.8) is 0 Å². The van der Waals surface area contributed by atoms with E-state index < -0.39 is 9.84 Å². The first-order valence-electron chi connectivity index (χ1n) is 7.67. The van der Waals surface area contributed by atoms with Crippen LogP contribution in [0.3, 0.4) is 0 Å². The Morgan fingerprint density at radius 2 is 2.09 bits per heavy atom. The molecule has 8 heteroatoms. The van der Waals surface area contributed by atoms with Crippen molar-refractivity contribution in [2.45, 2.75) is 25.8 Å². The topological polar surface area (TPSA) is 70.6 Å². The van der Waals surface area contributed by atoms with Gasteiger partial charge in [-0.05, 0) is 12.8 Å². The molecule has 1 amide bonds. The highest BCUT2D eigenvalue weighted by atomic mass is 32.2. The highest BCUT2D eigenvalue weighted by molar-refractivity contribution is 7.91. The quantitative estimate of drug-likeness (QED) is 0.806. The number of rotatable bonds is 3. The zero-order chi connectivity index (χ0) is 15.7. The second kappa shape index (κ2) is 6.25. The second-order valence-electron chi connectivity index (χ2n) is 5.86. The van der Waals surface area contributed by atoms with E-state index in [1.54, 1.807) is 6.20 Å². The number of aromatic nitrogens is 1. The summed E-state index contributed by atoms with van der Waals surface area (Å²) >= 11 is 1.47. The van der Waals surface area contributed by atoms with E-state index in [4.69, 9.17) is 0 Å². The number of thiazole rings is 1. The second-order valence-corrected chi connectivity index (χ2v) is 9.20. The molecular weight excluding hydrogens is 322 g/mol. The minimum absolute atomic E-state index is 0.0518. The van der Waals surface area contributed by atoms with E-state index >= 15 is 0 Å². The molecule has 122 valence electrons. The van der Waals surface area contributed by atoms with Crippen LogP contribution in [-0.2, 0) is 16.3 Å². The van der Waals surface area contributed by atoms with Crippen molar-refractivity contribution in [1.29, 1.82) is 0 Å². The Bertz CT molecular complexity index is 648. The summed E-state index contributed by atoms with van der Waals surface area (Å²) < 4.78 is 23.2. The van der Waals surface area contributed by atoms with Gasteiger partial charge in [0.1, 0.15) is 4.88 Å².